The zero-order valence-electron chi connectivity index (χ0n) is 8.02. The fraction of sp³-hybridized carbons (Fsp3) is 0.125. The summed E-state index contributed by atoms with van der Waals surface area (Å²) in [5, 5.41) is 10.9. The first kappa shape index (κ1) is 11.9. The standard InChI is InChI=1S/C8H11N3O2S2/c1-10-8(14)11-6-3-2-4-7(5-6)15(9,12)13/h2-5H,1H3,(H2,9,12,13)(H2,10,11,14). The Morgan fingerprint density at radius 3 is 2.67 bits per heavy atom. The van der Waals surface area contributed by atoms with Crippen molar-refractivity contribution in [1.29, 1.82) is 0 Å². The Morgan fingerprint density at radius 1 is 1.47 bits per heavy atom. The maximum Gasteiger partial charge on any atom is 0.238 e. The molecule has 0 saturated heterocycles. The molecule has 0 amide bonds. The number of rotatable bonds is 2. The van der Waals surface area contributed by atoms with Crippen molar-refractivity contribution in [2.45, 2.75) is 4.90 Å². The maximum atomic E-state index is 11.0. The van der Waals surface area contributed by atoms with E-state index < -0.39 is 10.0 Å². The van der Waals surface area contributed by atoms with Gasteiger partial charge in [0.25, 0.3) is 0 Å². The van der Waals surface area contributed by atoms with Gasteiger partial charge in [0, 0.05) is 12.7 Å². The number of hydrogen-bond donors (Lipinski definition) is 3. The molecule has 5 nitrogen and oxygen atoms in total. The molecule has 1 rings (SSSR count). The van der Waals surface area contributed by atoms with E-state index in [1.54, 1.807) is 19.2 Å². The van der Waals surface area contributed by atoms with E-state index in [2.05, 4.69) is 10.6 Å². The molecule has 0 heterocycles. The van der Waals surface area contributed by atoms with Crippen LogP contribution in [0.3, 0.4) is 0 Å². The van der Waals surface area contributed by atoms with Crippen LogP contribution in [0.4, 0.5) is 5.69 Å². The first-order valence-electron chi connectivity index (χ1n) is 4.05. The summed E-state index contributed by atoms with van der Waals surface area (Å²) in [5.74, 6) is 0. The lowest BCUT2D eigenvalue weighted by Crippen LogP contribution is -2.24. The van der Waals surface area contributed by atoms with E-state index in [0.717, 1.165) is 0 Å². The van der Waals surface area contributed by atoms with Crippen molar-refractivity contribution < 1.29 is 8.42 Å². The monoisotopic (exact) mass is 245 g/mol. The Labute approximate surface area is 93.7 Å². The lowest BCUT2D eigenvalue weighted by atomic mass is 10.3. The fourth-order valence-electron chi connectivity index (χ4n) is 0.944. The quantitative estimate of drug-likeness (QED) is 0.650. The van der Waals surface area contributed by atoms with Gasteiger partial charge in [-0.25, -0.2) is 13.6 Å². The summed E-state index contributed by atoms with van der Waals surface area (Å²) >= 11 is 4.87. The van der Waals surface area contributed by atoms with E-state index >= 15 is 0 Å². The van der Waals surface area contributed by atoms with Gasteiger partial charge in [-0.15, -0.1) is 0 Å². The third kappa shape index (κ3) is 3.46. The molecule has 82 valence electrons. The zero-order chi connectivity index (χ0) is 11.5. The molecule has 0 aliphatic rings. The molecule has 0 unspecified atom stereocenters. The zero-order valence-corrected chi connectivity index (χ0v) is 9.65. The van der Waals surface area contributed by atoms with Crippen LogP contribution in [-0.2, 0) is 10.0 Å². The molecule has 0 fully saturated rings. The minimum absolute atomic E-state index is 0.0476. The van der Waals surface area contributed by atoms with Gasteiger partial charge in [0.15, 0.2) is 5.11 Å². The van der Waals surface area contributed by atoms with Crippen molar-refractivity contribution in [1.82, 2.24) is 5.32 Å². The summed E-state index contributed by atoms with van der Waals surface area (Å²) in [4.78, 5) is 0.0476. The van der Waals surface area contributed by atoms with Crippen LogP contribution in [0.15, 0.2) is 29.2 Å². The Kier molecular flexibility index (Phi) is 3.61. The summed E-state index contributed by atoms with van der Waals surface area (Å²) in [6, 6.07) is 6.11. The lowest BCUT2D eigenvalue weighted by Gasteiger charge is -2.07. The van der Waals surface area contributed by atoms with E-state index in [1.807, 2.05) is 0 Å². The van der Waals surface area contributed by atoms with Crippen molar-refractivity contribution in [2.75, 3.05) is 12.4 Å². The number of thiocarbonyl (C=S) groups is 1. The number of sulfonamides is 1. The van der Waals surface area contributed by atoms with Crippen molar-refractivity contribution in [3.8, 4) is 0 Å². The minimum Gasteiger partial charge on any atom is -0.366 e. The molecule has 0 radical (unpaired) electrons. The molecule has 0 aromatic heterocycles. The smallest absolute Gasteiger partial charge is 0.238 e. The van der Waals surface area contributed by atoms with Gasteiger partial charge in [0.2, 0.25) is 10.0 Å². The molecular weight excluding hydrogens is 234 g/mol. The largest absolute Gasteiger partial charge is 0.366 e. The van der Waals surface area contributed by atoms with Crippen LogP contribution in [0, 0.1) is 0 Å². The van der Waals surface area contributed by atoms with E-state index in [9.17, 15) is 8.42 Å². The second-order valence-corrected chi connectivity index (χ2v) is 4.75. The molecule has 0 atom stereocenters. The van der Waals surface area contributed by atoms with Gasteiger partial charge in [-0.2, -0.15) is 0 Å². The summed E-state index contributed by atoms with van der Waals surface area (Å²) in [7, 11) is -2.01. The summed E-state index contributed by atoms with van der Waals surface area (Å²) in [6.45, 7) is 0. The van der Waals surface area contributed by atoms with Crippen LogP contribution >= 0.6 is 12.2 Å². The molecule has 0 aliphatic heterocycles. The predicted octanol–water partition coefficient (Wildman–Crippen LogP) is 0.250. The third-order valence-corrected chi connectivity index (χ3v) is 2.86. The molecular formula is C8H11N3O2S2. The van der Waals surface area contributed by atoms with Crippen molar-refractivity contribution in [3.05, 3.63) is 24.3 Å². The number of nitrogens with two attached hydrogens (primary N) is 1. The first-order valence-corrected chi connectivity index (χ1v) is 6.00. The summed E-state index contributed by atoms with van der Waals surface area (Å²) in [5.41, 5.74) is 0.570. The number of benzene rings is 1. The van der Waals surface area contributed by atoms with Crippen LogP contribution < -0.4 is 15.8 Å². The number of nitrogens with one attached hydrogen (secondary N) is 2. The highest BCUT2D eigenvalue weighted by Crippen LogP contribution is 2.13. The SMILES string of the molecule is CNC(=S)Nc1cccc(S(N)(=O)=O)c1. The second-order valence-electron chi connectivity index (χ2n) is 2.78. The Hall–Kier alpha value is -1.18. The molecule has 7 heteroatoms. The Balaban J connectivity index is 2.99. The fourth-order valence-corrected chi connectivity index (χ4v) is 1.62. The van der Waals surface area contributed by atoms with E-state index in [0.29, 0.717) is 10.8 Å². The molecule has 0 spiro atoms. The average Bonchev–Trinajstić information content (AvgIpc) is 2.17. The second kappa shape index (κ2) is 4.56. The van der Waals surface area contributed by atoms with E-state index in [4.69, 9.17) is 17.4 Å². The highest BCUT2D eigenvalue weighted by molar-refractivity contribution is 7.89. The van der Waals surface area contributed by atoms with Crippen LogP contribution in [0.1, 0.15) is 0 Å². The first-order chi connectivity index (χ1) is 6.93. The van der Waals surface area contributed by atoms with Gasteiger partial charge in [0.1, 0.15) is 0 Å². The van der Waals surface area contributed by atoms with Gasteiger partial charge in [-0.05, 0) is 30.4 Å². The van der Waals surface area contributed by atoms with Crippen molar-refractivity contribution in [2.24, 2.45) is 5.14 Å². The van der Waals surface area contributed by atoms with Crippen molar-refractivity contribution >= 4 is 33.0 Å². The van der Waals surface area contributed by atoms with Crippen LogP contribution in [-0.4, -0.2) is 20.6 Å². The highest BCUT2D eigenvalue weighted by Gasteiger charge is 2.07. The van der Waals surface area contributed by atoms with Gasteiger partial charge in [-0.3, -0.25) is 0 Å². The summed E-state index contributed by atoms with van der Waals surface area (Å²) in [6.07, 6.45) is 0. The third-order valence-electron chi connectivity index (χ3n) is 1.65. The number of primary sulfonamides is 1. The molecule has 4 N–H and O–H groups in total. The van der Waals surface area contributed by atoms with Gasteiger partial charge in [-0.1, -0.05) is 6.07 Å². The molecule has 0 aliphatic carbocycles. The number of anilines is 1. The number of hydrogen-bond acceptors (Lipinski definition) is 3. The normalized spacial score (nSPS) is 10.8. The molecule has 15 heavy (non-hydrogen) atoms. The van der Waals surface area contributed by atoms with Gasteiger partial charge in [0.05, 0.1) is 4.90 Å². The average molecular weight is 245 g/mol. The van der Waals surface area contributed by atoms with Crippen LogP contribution in [0.25, 0.3) is 0 Å². The van der Waals surface area contributed by atoms with E-state index in [1.165, 1.54) is 12.1 Å². The highest BCUT2D eigenvalue weighted by atomic mass is 32.2. The molecule has 1 aromatic carbocycles. The molecule has 1 aromatic rings. The topological polar surface area (TPSA) is 84.2 Å². The molecule has 0 saturated carbocycles. The van der Waals surface area contributed by atoms with E-state index in [-0.39, 0.29) is 4.90 Å². The Bertz CT molecular complexity index is 471. The molecule has 0 bridgehead atoms. The lowest BCUT2D eigenvalue weighted by molar-refractivity contribution is 0.598. The summed E-state index contributed by atoms with van der Waals surface area (Å²) < 4.78 is 22.1. The van der Waals surface area contributed by atoms with Crippen LogP contribution in [0.2, 0.25) is 0 Å². The maximum absolute atomic E-state index is 11.0. The Morgan fingerprint density at radius 2 is 2.13 bits per heavy atom. The van der Waals surface area contributed by atoms with Gasteiger partial charge < -0.3 is 10.6 Å². The minimum atomic E-state index is -3.67. The van der Waals surface area contributed by atoms with Crippen LogP contribution in [0.5, 0.6) is 0 Å². The van der Waals surface area contributed by atoms with Gasteiger partial charge >= 0.3 is 0 Å². The predicted molar refractivity (Wildman–Crippen MR) is 63.1 cm³/mol. The van der Waals surface area contributed by atoms with Crippen molar-refractivity contribution in [3.63, 3.8) is 0 Å².